The minimum atomic E-state index is -0.457. The van der Waals surface area contributed by atoms with E-state index in [1.54, 1.807) is 20.3 Å². The van der Waals surface area contributed by atoms with Crippen LogP contribution in [0.25, 0.3) is 66.1 Å². The molecule has 4 heterocycles. The molecule has 0 spiro atoms. The molecule has 0 aliphatic carbocycles. The van der Waals surface area contributed by atoms with Gasteiger partial charge in [0.25, 0.3) is 5.91 Å². The molecular weight excluding hydrogens is 733 g/mol. The molecule has 9 N–H and O–H groups in total. The van der Waals surface area contributed by atoms with Gasteiger partial charge in [0, 0.05) is 50.2 Å². The Bertz CT molecular complexity index is 2630. The number of esters is 1. The fraction of sp³-hybridized carbons (Fsp3) is 0.200. The van der Waals surface area contributed by atoms with Crippen LogP contribution in [0.3, 0.4) is 0 Å². The predicted molar refractivity (Wildman–Crippen MR) is 231 cm³/mol. The molecule has 0 aliphatic rings. The second-order valence-corrected chi connectivity index (χ2v) is 13.2. The van der Waals surface area contributed by atoms with Gasteiger partial charge in [-0.3, -0.25) is 4.79 Å². The van der Waals surface area contributed by atoms with Gasteiger partial charge in [-0.1, -0.05) is 36.4 Å². The number of hydrogen-bond donors (Lipinski definition) is 6. The largest absolute Gasteiger partial charge is 0.497 e. The number of para-hydroxylation sites is 2. The second-order valence-electron chi connectivity index (χ2n) is 13.2. The Labute approximate surface area is 335 Å². The molecule has 58 heavy (non-hydrogen) atoms. The minimum absolute atomic E-state index is 0.199. The van der Waals surface area contributed by atoms with Crippen LogP contribution in [0.2, 0.25) is 0 Å². The zero-order valence-corrected chi connectivity index (χ0v) is 32.8. The first-order chi connectivity index (χ1) is 28.3. The summed E-state index contributed by atoms with van der Waals surface area (Å²) >= 11 is 0. The van der Waals surface area contributed by atoms with E-state index in [0.29, 0.717) is 24.5 Å². The maximum Gasteiger partial charge on any atom is 0.356 e. The highest BCUT2D eigenvalue weighted by atomic mass is 16.5. The summed E-state index contributed by atoms with van der Waals surface area (Å²) in [7, 11) is 4.62. The van der Waals surface area contributed by atoms with Crippen LogP contribution in [-0.2, 0) is 4.74 Å². The summed E-state index contributed by atoms with van der Waals surface area (Å²) in [4.78, 5) is 40.8. The zero-order chi connectivity index (χ0) is 41.0. The second kappa shape index (κ2) is 19.4. The number of H-pyrrole nitrogens is 2. The van der Waals surface area contributed by atoms with Gasteiger partial charge < -0.3 is 46.7 Å². The molecule has 4 aromatic carbocycles. The lowest BCUT2D eigenvalue weighted by Gasteiger charge is -2.09. The van der Waals surface area contributed by atoms with Gasteiger partial charge in [0.05, 0.1) is 43.8 Å². The number of fused-ring (bicyclic) bond motifs is 6. The predicted octanol–water partition coefficient (Wildman–Crippen LogP) is 6.94. The van der Waals surface area contributed by atoms with Crippen LogP contribution < -0.4 is 32.0 Å². The summed E-state index contributed by atoms with van der Waals surface area (Å²) in [5.41, 5.74) is 23.4. The van der Waals surface area contributed by atoms with Crippen LogP contribution in [0.1, 0.15) is 33.8 Å². The molecular formula is C45H48N8O5. The van der Waals surface area contributed by atoms with Crippen molar-refractivity contribution in [1.82, 2.24) is 25.3 Å². The number of aromatic nitrogens is 4. The van der Waals surface area contributed by atoms with E-state index in [2.05, 4.69) is 25.3 Å². The Morgan fingerprint density at radius 1 is 0.586 bits per heavy atom. The van der Waals surface area contributed by atoms with E-state index in [1.165, 1.54) is 7.11 Å². The number of nitrogens with two attached hydrogens (primary N) is 3. The molecule has 0 radical (unpaired) electrons. The van der Waals surface area contributed by atoms with Crippen molar-refractivity contribution in [1.29, 1.82) is 0 Å². The highest BCUT2D eigenvalue weighted by Gasteiger charge is 2.19. The molecule has 13 heteroatoms. The van der Waals surface area contributed by atoms with Gasteiger partial charge in [0.2, 0.25) is 0 Å². The third kappa shape index (κ3) is 9.08. The Balaban J connectivity index is 0.000000176. The lowest BCUT2D eigenvalue weighted by Crippen LogP contribution is -2.26. The Hall–Kier alpha value is -6.80. The number of hydrogen-bond acceptors (Lipinski definition) is 10. The van der Waals surface area contributed by atoms with E-state index in [0.717, 1.165) is 97.9 Å². The van der Waals surface area contributed by atoms with Crippen LogP contribution in [0.4, 0.5) is 0 Å². The number of pyridine rings is 2. The highest BCUT2D eigenvalue weighted by molar-refractivity contribution is 6.14. The molecule has 298 valence electrons. The van der Waals surface area contributed by atoms with E-state index < -0.39 is 5.97 Å². The summed E-state index contributed by atoms with van der Waals surface area (Å²) in [6.07, 6.45) is 1.67. The van der Waals surface area contributed by atoms with Crippen molar-refractivity contribution in [3.8, 4) is 34.0 Å². The molecule has 0 fully saturated rings. The number of methoxy groups -OCH3 is 3. The Kier molecular flexibility index (Phi) is 13.6. The van der Waals surface area contributed by atoms with Gasteiger partial charge in [0.15, 0.2) is 0 Å². The van der Waals surface area contributed by atoms with E-state index in [4.69, 9.17) is 31.4 Å². The molecule has 0 atom stereocenters. The zero-order valence-electron chi connectivity index (χ0n) is 32.8. The summed E-state index contributed by atoms with van der Waals surface area (Å²) in [6, 6.07) is 34.9. The topological polar surface area (TPSA) is 209 Å². The molecule has 0 saturated heterocycles. The number of aromatic amines is 2. The lowest BCUT2D eigenvalue weighted by molar-refractivity contribution is 0.0594. The van der Waals surface area contributed by atoms with Crippen molar-refractivity contribution in [2.75, 3.05) is 47.5 Å². The van der Waals surface area contributed by atoms with E-state index in [1.807, 2.05) is 103 Å². The standard InChI is InChI=1S/C22H22N4O2.C20H16N2O3.C3H10N2/c1-28-15-9-7-14(8-10-15)20-21-17(16-5-2-3-6-18(16)25-21)13-19(26-20)22(27)24-12-4-11-23;1-24-13-9-7-12(8-10-13)18-19-15(11-17(22-18)20(23)25-2)14-5-3-4-6-16(14)21-19;4-2-1-3-5/h2-3,5-10,13,25H,4,11-12,23H2,1H3,(H,24,27);3-11,21H,1-2H3;1-5H2. The van der Waals surface area contributed by atoms with Gasteiger partial charge in [-0.05, 0) is 105 Å². The van der Waals surface area contributed by atoms with Gasteiger partial charge in [-0.15, -0.1) is 0 Å². The number of rotatable bonds is 11. The summed E-state index contributed by atoms with van der Waals surface area (Å²) in [5.74, 6) is 0.880. The molecule has 13 nitrogen and oxygen atoms in total. The maximum atomic E-state index is 12.7. The molecule has 0 bridgehead atoms. The molecule has 4 aromatic heterocycles. The van der Waals surface area contributed by atoms with E-state index >= 15 is 0 Å². The van der Waals surface area contributed by atoms with Crippen LogP contribution in [0.15, 0.2) is 109 Å². The molecule has 0 saturated carbocycles. The van der Waals surface area contributed by atoms with Crippen molar-refractivity contribution in [2.45, 2.75) is 12.8 Å². The van der Waals surface area contributed by atoms with E-state index in [9.17, 15) is 9.59 Å². The van der Waals surface area contributed by atoms with Crippen molar-refractivity contribution in [3.63, 3.8) is 0 Å². The number of carbonyl (C=O) groups excluding carboxylic acids is 2. The Morgan fingerprint density at radius 2 is 1.03 bits per heavy atom. The number of amides is 1. The number of benzene rings is 4. The maximum absolute atomic E-state index is 12.7. The quantitative estimate of drug-likeness (QED) is 0.0588. The molecule has 0 unspecified atom stereocenters. The summed E-state index contributed by atoms with van der Waals surface area (Å²) < 4.78 is 15.3. The minimum Gasteiger partial charge on any atom is -0.497 e. The monoisotopic (exact) mass is 780 g/mol. The Morgan fingerprint density at radius 3 is 1.47 bits per heavy atom. The first-order valence-corrected chi connectivity index (χ1v) is 18.9. The fourth-order valence-electron chi connectivity index (χ4n) is 6.44. The van der Waals surface area contributed by atoms with Crippen LogP contribution in [0, 0.1) is 0 Å². The summed E-state index contributed by atoms with van der Waals surface area (Å²) in [6.45, 7) is 2.50. The van der Waals surface area contributed by atoms with Crippen LogP contribution in [0.5, 0.6) is 11.5 Å². The van der Waals surface area contributed by atoms with Crippen LogP contribution in [-0.4, -0.2) is 79.3 Å². The normalized spacial score (nSPS) is 10.8. The highest BCUT2D eigenvalue weighted by Crippen LogP contribution is 2.35. The fourth-order valence-corrected chi connectivity index (χ4v) is 6.44. The first kappa shape index (κ1) is 40.9. The first-order valence-electron chi connectivity index (χ1n) is 18.9. The number of carbonyl (C=O) groups is 2. The lowest BCUT2D eigenvalue weighted by atomic mass is 10.1. The number of nitrogens with zero attached hydrogens (tertiary/aromatic N) is 2. The summed E-state index contributed by atoms with van der Waals surface area (Å²) in [5, 5.41) is 6.91. The van der Waals surface area contributed by atoms with Gasteiger partial charge in [-0.25, -0.2) is 14.8 Å². The van der Waals surface area contributed by atoms with Crippen molar-refractivity contribution < 1.29 is 23.8 Å². The van der Waals surface area contributed by atoms with E-state index in [-0.39, 0.29) is 11.6 Å². The van der Waals surface area contributed by atoms with Crippen molar-refractivity contribution in [2.24, 2.45) is 17.2 Å². The number of ether oxygens (including phenoxy) is 3. The van der Waals surface area contributed by atoms with Crippen molar-refractivity contribution >= 4 is 55.5 Å². The molecule has 8 rings (SSSR count). The average Bonchev–Trinajstić information content (AvgIpc) is 3.85. The SMILES string of the molecule is COC(=O)c1cc2c([nH]c3ccccc32)c(-c2ccc(OC)cc2)n1.COc1ccc(-c2nc(C(=O)NCCCN)cc3c2[nH]c2ccccc23)cc1.NCCCN. The molecule has 8 aromatic rings. The third-order valence-electron chi connectivity index (χ3n) is 9.42. The van der Waals surface area contributed by atoms with Gasteiger partial charge in [0.1, 0.15) is 22.9 Å². The van der Waals surface area contributed by atoms with Crippen LogP contribution >= 0.6 is 0 Å². The molecule has 0 aliphatic heterocycles. The average molecular weight is 781 g/mol. The van der Waals surface area contributed by atoms with Gasteiger partial charge in [-0.2, -0.15) is 0 Å². The third-order valence-corrected chi connectivity index (χ3v) is 9.42. The van der Waals surface area contributed by atoms with Crippen molar-refractivity contribution in [3.05, 3.63) is 121 Å². The van der Waals surface area contributed by atoms with Gasteiger partial charge >= 0.3 is 5.97 Å². The number of nitrogens with one attached hydrogen (secondary N) is 3. The smallest absolute Gasteiger partial charge is 0.356 e. The molecule has 1 amide bonds.